The summed E-state index contributed by atoms with van der Waals surface area (Å²) in [6.45, 7) is 3.47. The second kappa shape index (κ2) is 5.35. The largest absolute Gasteiger partial charge is 0.481 e. The highest BCUT2D eigenvalue weighted by molar-refractivity contribution is 5.66. The Labute approximate surface area is 55.2 Å². The molecule has 0 saturated heterocycles. The van der Waals surface area contributed by atoms with Crippen molar-refractivity contribution in [3.05, 3.63) is 19.1 Å². The van der Waals surface area contributed by atoms with E-state index in [4.69, 9.17) is 5.11 Å². The Morgan fingerprint density at radius 1 is 1.67 bits per heavy atom. The Hall–Kier alpha value is -0.790. The number of carboxylic acids is 1. The summed E-state index contributed by atoms with van der Waals surface area (Å²) in [6, 6.07) is 0. The third kappa shape index (κ3) is 7.21. The van der Waals surface area contributed by atoms with Gasteiger partial charge in [-0.1, -0.05) is 12.2 Å². The summed E-state index contributed by atoms with van der Waals surface area (Å²) in [5.74, 6) is -0.729. The summed E-state index contributed by atoms with van der Waals surface area (Å²) in [4.78, 5) is 9.92. The van der Waals surface area contributed by atoms with Gasteiger partial charge in [-0.25, -0.2) is 0 Å². The first-order chi connectivity index (χ1) is 4.27. The Balaban J connectivity index is 3.01. The summed E-state index contributed by atoms with van der Waals surface area (Å²) in [5.41, 5.74) is 0. The number of hydrogen-bond acceptors (Lipinski definition) is 1. The van der Waals surface area contributed by atoms with Crippen LogP contribution in [-0.2, 0) is 4.79 Å². The minimum absolute atomic E-state index is 0.254. The molecule has 0 atom stereocenters. The fourth-order valence-corrected chi connectivity index (χ4v) is 0.489. The molecule has 0 aliphatic heterocycles. The zero-order chi connectivity index (χ0) is 7.11. The average Bonchev–Trinajstić information content (AvgIpc) is 1.80. The summed E-state index contributed by atoms with van der Waals surface area (Å²) in [6.07, 6.45) is 5.33. The van der Waals surface area contributed by atoms with Crippen molar-refractivity contribution < 1.29 is 9.90 Å². The van der Waals surface area contributed by atoms with Crippen LogP contribution in [0, 0.1) is 6.92 Å². The Morgan fingerprint density at radius 2 is 2.33 bits per heavy atom. The molecular weight excluding hydrogens is 116 g/mol. The maximum Gasteiger partial charge on any atom is 0.303 e. The van der Waals surface area contributed by atoms with Gasteiger partial charge >= 0.3 is 5.97 Å². The number of allylic oxidation sites excluding steroid dienone is 2. The van der Waals surface area contributed by atoms with Crippen LogP contribution in [0.3, 0.4) is 0 Å². The molecule has 0 spiro atoms. The van der Waals surface area contributed by atoms with Gasteiger partial charge in [0, 0.05) is 6.42 Å². The van der Waals surface area contributed by atoms with E-state index in [0.717, 1.165) is 6.42 Å². The van der Waals surface area contributed by atoms with Gasteiger partial charge in [-0.3, -0.25) is 4.79 Å². The molecule has 0 bridgehead atoms. The highest BCUT2D eigenvalue weighted by atomic mass is 16.4. The predicted octanol–water partition coefficient (Wildman–Crippen LogP) is 1.63. The van der Waals surface area contributed by atoms with Gasteiger partial charge < -0.3 is 5.11 Å². The fraction of sp³-hybridized carbons (Fsp3) is 0.429. The van der Waals surface area contributed by atoms with Crippen LogP contribution in [0.5, 0.6) is 0 Å². The highest BCUT2D eigenvalue weighted by Gasteiger charge is 1.92. The van der Waals surface area contributed by atoms with Crippen LogP contribution in [0.1, 0.15) is 19.3 Å². The molecule has 0 heterocycles. The van der Waals surface area contributed by atoms with Crippen molar-refractivity contribution in [2.45, 2.75) is 19.3 Å². The number of aliphatic carboxylic acids is 1. The van der Waals surface area contributed by atoms with Gasteiger partial charge in [-0.2, -0.15) is 0 Å². The molecule has 0 saturated carbocycles. The minimum atomic E-state index is -0.729. The number of carbonyl (C=O) groups is 1. The summed E-state index contributed by atoms with van der Waals surface area (Å²) in [7, 11) is 0. The maximum atomic E-state index is 9.92. The molecular formula is C7H11O2. The van der Waals surface area contributed by atoms with E-state index in [1.165, 1.54) is 0 Å². The molecule has 0 amide bonds. The van der Waals surface area contributed by atoms with Crippen LogP contribution in [0.4, 0.5) is 0 Å². The van der Waals surface area contributed by atoms with Crippen LogP contribution < -0.4 is 0 Å². The predicted molar refractivity (Wildman–Crippen MR) is 36.0 cm³/mol. The molecule has 2 heteroatoms. The second-order valence-corrected chi connectivity index (χ2v) is 1.76. The molecule has 0 aromatic heterocycles. The van der Waals surface area contributed by atoms with Crippen molar-refractivity contribution in [1.29, 1.82) is 0 Å². The molecule has 9 heavy (non-hydrogen) atoms. The van der Waals surface area contributed by atoms with E-state index >= 15 is 0 Å². The Bertz CT molecular complexity index is 105. The fourth-order valence-electron chi connectivity index (χ4n) is 0.489. The van der Waals surface area contributed by atoms with Gasteiger partial charge in [-0.05, 0) is 19.8 Å². The lowest BCUT2D eigenvalue weighted by Crippen LogP contribution is -1.92. The van der Waals surface area contributed by atoms with E-state index in [1.807, 2.05) is 6.08 Å². The van der Waals surface area contributed by atoms with Gasteiger partial charge in [-0.15, -0.1) is 0 Å². The first kappa shape index (κ1) is 8.21. The summed E-state index contributed by atoms with van der Waals surface area (Å²) in [5, 5.41) is 8.17. The van der Waals surface area contributed by atoms with Crippen molar-refractivity contribution >= 4 is 5.97 Å². The number of rotatable bonds is 4. The zero-order valence-corrected chi connectivity index (χ0v) is 5.34. The molecule has 0 fully saturated rings. The summed E-state index contributed by atoms with van der Waals surface area (Å²) < 4.78 is 0. The first-order valence-electron chi connectivity index (χ1n) is 2.93. The third-order valence-electron chi connectivity index (χ3n) is 0.928. The van der Waals surface area contributed by atoms with E-state index < -0.39 is 5.97 Å². The number of hydrogen-bond donors (Lipinski definition) is 1. The SMILES string of the molecule is [CH2]C=CCCCC(=O)O. The van der Waals surface area contributed by atoms with Gasteiger partial charge in [0.25, 0.3) is 0 Å². The van der Waals surface area contributed by atoms with E-state index in [9.17, 15) is 4.79 Å². The van der Waals surface area contributed by atoms with Crippen LogP contribution in [0.2, 0.25) is 0 Å². The van der Waals surface area contributed by atoms with E-state index in [0.29, 0.717) is 6.42 Å². The lowest BCUT2D eigenvalue weighted by atomic mass is 10.2. The van der Waals surface area contributed by atoms with E-state index in [1.54, 1.807) is 6.08 Å². The Kier molecular flexibility index (Phi) is 4.88. The zero-order valence-electron chi connectivity index (χ0n) is 5.34. The van der Waals surface area contributed by atoms with E-state index in [-0.39, 0.29) is 6.42 Å². The average molecular weight is 127 g/mol. The van der Waals surface area contributed by atoms with Crippen molar-refractivity contribution in [3.63, 3.8) is 0 Å². The van der Waals surface area contributed by atoms with Crippen LogP contribution in [0.25, 0.3) is 0 Å². The molecule has 0 aromatic rings. The molecule has 0 aromatic carbocycles. The van der Waals surface area contributed by atoms with Gasteiger partial charge in [0.1, 0.15) is 0 Å². The smallest absolute Gasteiger partial charge is 0.303 e. The van der Waals surface area contributed by atoms with E-state index in [2.05, 4.69) is 6.92 Å². The van der Waals surface area contributed by atoms with Crippen LogP contribution >= 0.6 is 0 Å². The Morgan fingerprint density at radius 3 is 2.78 bits per heavy atom. The molecule has 0 unspecified atom stereocenters. The molecule has 51 valence electrons. The van der Waals surface area contributed by atoms with Gasteiger partial charge in [0.05, 0.1) is 0 Å². The standard InChI is InChI=1S/C7H11O2/c1-2-3-4-5-6-7(8)9/h2-3H,1,4-6H2,(H,8,9). The van der Waals surface area contributed by atoms with Gasteiger partial charge in [0.2, 0.25) is 0 Å². The highest BCUT2D eigenvalue weighted by Crippen LogP contribution is 1.95. The molecule has 1 N–H and O–H groups in total. The molecule has 0 aliphatic rings. The van der Waals surface area contributed by atoms with Crippen molar-refractivity contribution in [3.8, 4) is 0 Å². The minimum Gasteiger partial charge on any atom is -0.481 e. The quantitative estimate of drug-likeness (QED) is 0.583. The molecule has 2 nitrogen and oxygen atoms in total. The second-order valence-electron chi connectivity index (χ2n) is 1.76. The third-order valence-corrected chi connectivity index (χ3v) is 0.928. The van der Waals surface area contributed by atoms with Crippen LogP contribution in [0.15, 0.2) is 12.2 Å². The molecule has 0 aliphatic carbocycles. The molecule has 0 rings (SSSR count). The monoisotopic (exact) mass is 127 g/mol. The van der Waals surface area contributed by atoms with Crippen molar-refractivity contribution in [1.82, 2.24) is 0 Å². The van der Waals surface area contributed by atoms with Crippen molar-refractivity contribution in [2.75, 3.05) is 0 Å². The van der Waals surface area contributed by atoms with Crippen molar-refractivity contribution in [2.24, 2.45) is 0 Å². The summed E-state index contributed by atoms with van der Waals surface area (Å²) >= 11 is 0. The topological polar surface area (TPSA) is 37.3 Å². The number of unbranched alkanes of at least 4 members (excludes halogenated alkanes) is 1. The number of carboxylic acid groups (broad SMARTS) is 1. The lowest BCUT2D eigenvalue weighted by Gasteiger charge is -1.88. The normalized spacial score (nSPS) is 10.3. The maximum absolute atomic E-state index is 9.92. The van der Waals surface area contributed by atoms with Gasteiger partial charge in [0.15, 0.2) is 0 Å². The van der Waals surface area contributed by atoms with Crippen LogP contribution in [-0.4, -0.2) is 11.1 Å². The molecule has 1 radical (unpaired) electrons. The first-order valence-corrected chi connectivity index (χ1v) is 2.93. The lowest BCUT2D eigenvalue weighted by molar-refractivity contribution is -0.137.